The maximum absolute atomic E-state index is 10.0. The molecular weight excluding hydrogens is 250 g/mol. The Balaban J connectivity index is 2.01. The van der Waals surface area contributed by atoms with Crippen LogP contribution in [0.1, 0.15) is 49.8 Å². The normalized spacial score (nSPS) is 17.9. The second-order valence-corrected chi connectivity index (χ2v) is 6.35. The molecule has 0 radical (unpaired) electrons. The van der Waals surface area contributed by atoms with Crippen LogP contribution in [0.4, 0.5) is 0 Å². The molecule has 3 nitrogen and oxygen atoms in total. The number of aliphatic hydroxyl groups is 1. The summed E-state index contributed by atoms with van der Waals surface area (Å²) in [6.45, 7) is 9.19. The predicted octanol–water partition coefficient (Wildman–Crippen LogP) is 3.10. The van der Waals surface area contributed by atoms with Crippen LogP contribution >= 0.6 is 0 Å². The molecule has 2 rings (SSSR count). The van der Waals surface area contributed by atoms with Gasteiger partial charge in [-0.3, -0.25) is 0 Å². The molecule has 1 saturated carbocycles. The number of nitrogens with one attached hydrogen (secondary N) is 1. The summed E-state index contributed by atoms with van der Waals surface area (Å²) < 4.78 is 5.85. The molecular formula is C17H27NO2. The number of hydrogen-bond acceptors (Lipinski definition) is 3. The molecule has 0 aromatic heterocycles. The van der Waals surface area contributed by atoms with Crippen molar-refractivity contribution in [3.05, 3.63) is 28.8 Å². The molecule has 0 saturated heterocycles. The van der Waals surface area contributed by atoms with Gasteiger partial charge in [0.15, 0.2) is 0 Å². The van der Waals surface area contributed by atoms with E-state index in [1.165, 1.54) is 18.4 Å². The van der Waals surface area contributed by atoms with Crippen LogP contribution in [0.15, 0.2) is 12.1 Å². The van der Waals surface area contributed by atoms with Crippen molar-refractivity contribution in [3.63, 3.8) is 0 Å². The molecule has 1 aliphatic rings. The molecule has 112 valence electrons. The molecule has 1 aromatic carbocycles. The Morgan fingerprint density at radius 2 is 1.90 bits per heavy atom. The van der Waals surface area contributed by atoms with E-state index in [2.05, 4.69) is 31.3 Å². The lowest BCUT2D eigenvalue weighted by Crippen LogP contribution is -2.31. The zero-order valence-electron chi connectivity index (χ0n) is 13.1. The van der Waals surface area contributed by atoms with Crippen molar-refractivity contribution in [1.29, 1.82) is 0 Å². The molecule has 0 aliphatic heterocycles. The standard InChI is InChI=1S/C17H27NO2/c1-5-17(4,19)11-20-16-12(2)8-14(9-13(16)3)10-18-15-6-7-15/h8-9,15,18-19H,5-7,10-11H2,1-4H3. The van der Waals surface area contributed by atoms with E-state index in [-0.39, 0.29) is 0 Å². The first-order chi connectivity index (χ1) is 9.41. The van der Waals surface area contributed by atoms with Gasteiger partial charge in [0.05, 0.1) is 5.60 Å². The Morgan fingerprint density at radius 3 is 2.40 bits per heavy atom. The Bertz CT molecular complexity index is 441. The van der Waals surface area contributed by atoms with E-state index in [9.17, 15) is 5.11 Å². The summed E-state index contributed by atoms with van der Waals surface area (Å²) in [7, 11) is 0. The highest BCUT2D eigenvalue weighted by atomic mass is 16.5. The third-order valence-electron chi connectivity index (χ3n) is 3.98. The third-order valence-corrected chi connectivity index (χ3v) is 3.98. The van der Waals surface area contributed by atoms with Gasteiger partial charge in [0.2, 0.25) is 0 Å². The van der Waals surface area contributed by atoms with Crippen molar-refractivity contribution >= 4 is 0 Å². The summed E-state index contributed by atoms with van der Waals surface area (Å²) >= 11 is 0. The fraction of sp³-hybridized carbons (Fsp3) is 0.647. The van der Waals surface area contributed by atoms with Crippen LogP contribution in [0.25, 0.3) is 0 Å². The highest BCUT2D eigenvalue weighted by Crippen LogP contribution is 2.27. The molecule has 0 amide bonds. The zero-order chi connectivity index (χ0) is 14.8. The maximum Gasteiger partial charge on any atom is 0.125 e. The minimum atomic E-state index is -0.759. The maximum atomic E-state index is 10.0. The summed E-state index contributed by atoms with van der Waals surface area (Å²) in [6.07, 6.45) is 3.31. The first kappa shape index (κ1) is 15.3. The van der Waals surface area contributed by atoms with Gasteiger partial charge in [-0.2, -0.15) is 0 Å². The number of hydrogen-bond donors (Lipinski definition) is 2. The van der Waals surface area contributed by atoms with Crippen molar-refractivity contribution in [2.45, 2.75) is 65.1 Å². The molecule has 0 heterocycles. The van der Waals surface area contributed by atoms with Crippen molar-refractivity contribution in [1.82, 2.24) is 5.32 Å². The summed E-state index contributed by atoms with van der Waals surface area (Å²) in [5, 5.41) is 13.6. The van der Waals surface area contributed by atoms with Crippen LogP contribution < -0.4 is 10.1 Å². The molecule has 0 bridgehead atoms. The van der Waals surface area contributed by atoms with E-state index >= 15 is 0 Å². The Labute approximate surface area is 122 Å². The quantitative estimate of drug-likeness (QED) is 0.804. The van der Waals surface area contributed by atoms with Gasteiger partial charge >= 0.3 is 0 Å². The van der Waals surface area contributed by atoms with Gasteiger partial charge in [0, 0.05) is 12.6 Å². The lowest BCUT2D eigenvalue weighted by molar-refractivity contribution is 0.00807. The zero-order valence-corrected chi connectivity index (χ0v) is 13.1. The van der Waals surface area contributed by atoms with Crippen LogP contribution in [-0.2, 0) is 6.54 Å². The van der Waals surface area contributed by atoms with Crippen LogP contribution in [0.3, 0.4) is 0 Å². The van der Waals surface area contributed by atoms with E-state index < -0.39 is 5.60 Å². The van der Waals surface area contributed by atoms with Crippen molar-refractivity contribution in [2.75, 3.05) is 6.61 Å². The molecule has 1 aromatic rings. The SMILES string of the molecule is CCC(C)(O)COc1c(C)cc(CNC2CC2)cc1C. The third kappa shape index (κ3) is 4.22. The second kappa shape index (κ2) is 6.15. The van der Waals surface area contributed by atoms with Gasteiger partial charge in [-0.1, -0.05) is 19.1 Å². The first-order valence-electron chi connectivity index (χ1n) is 7.60. The summed E-state index contributed by atoms with van der Waals surface area (Å²) in [4.78, 5) is 0. The Hall–Kier alpha value is -1.06. The fourth-order valence-corrected chi connectivity index (χ4v) is 2.25. The second-order valence-electron chi connectivity index (χ2n) is 6.35. The lowest BCUT2D eigenvalue weighted by Gasteiger charge is -2.23. The average molecular weight is 277 g/mol. The largest absolute Gasteiger partial charge is 0.490 e. The number of rotatable bonds is 7. The van der Waals surface area contributed by atoms with Crippen molar-refractivity contribution in [2.24, 2.45) is 0 Å². The number of ether oxygens (including phenoxy) is 1. The monoisotopic (exact) mass is 277 g/mol. The van der Waals surface area contributed by atoms with Gasteiger partial charge in [0.25, 0.3) is 0 Å². The van der Waals surface area contributed by atoms with E-state index in [0.717, 1.165) is 29.5 Å². The van der Waals surface area contributed by atoms with E-state index in [1.54, 1.807) is 0 Å². The molecule has 20 heavy (non-hydrogen) atoms. The van der Waals surface area contributed by atoms with Crippen LogP contribution in [0, 0.1) is 13.8 Å². The predicted molar refractivity (Wildman–Crippen MR) is 82.2 cm³/mol. The molecule has 0 spiro atoms. The molecule has 2 N–H and O–H groups in total. The van der Waals surface area contributed by atoms with Gasteiger partial charge in [0.1, 0.15) is 12.4 Å². The summed E-state index contributed by atoms with van der Waals surface area (Å²) in [6, 6.07) is 5.09. The molecule has 3 heteroatoms. The number of aryl methyl sites for hydroxylation is 2. The van der Waals surface area contributed by atoms with Crippen molar-refractivity contribution in [3.8, 4) is 5.75 Å². The topological polar surface area (TPSA) is 41.5 Å². The minimum Gasteiger partial charge on any atom is -0.490 e. The smallest absolute Gasteiger partial charge is 0.125 e. The Morgan fingerprint density at radius 1 is 1.30 bits per heavy atom. The lowest BCUT2D eigenvalue weighted by atomic mass is 10.0. The van der Waals surface area contributed by atoms with Crippen LogP contribution in [0.2, 0.25) is 0 Å². The van der Waals surface area contributed by atoms with E-state index in [4.69, 9.17) is 4.74 Å². The molecule has 1 aliphatic carbocycles. The van der Waals surface area contributed by atoms with Crippen molar-refractivity contribution < 1.29 is 9.84 Å². The fourth-order valence-electron chi connectivity index (χ4n) is 2.25. The van der Waals surface area contributed by atoms with E-state index in [1.807, 2.05) is 13.8 Å². The summed E-state index contributed by atoms with van der Waals surface area (Å²) in [5.74, 6) is 0.911. The van der Waals surface area contributed by atoms with E-state index in [0.29, 0.717) is 13.0 Å². The highest BCUT2D eigenvalue weighted by Gasteiger charge is 2.21. The highest BCUT2D eigenvalue weighted by molar-refractivity contribution is 5.43. The first-order valence-corrected chi connectivity index (χ1v) is 7.60. The van der Waals surface area contributed by atoms with Gasteiger partial charge in [-0.25, -0.2) is 0 Å². The van der Waals surface area contributed by atoms with Gasteiger partial charge < -0.3 is 15.2 Å². The van der Waals surface area contributed by atoms with Gasteiger partial charge in [-0.15, -0.1) is 0 Å². The van der Waals surface area contributed by atoms with Crippen LogP contribution in [-0.4, -0.2) is 23.4 Å². The minimum absolute atomic E-state index is 0.338. The molecule has 1 atom stereocenters. The Kier molecular flexibility index (Phi) is 4.71. The number of benzene rings is 1. The molecule has 1 unspecified atom stereocenters. The van der Waals surface area contributed by atoms with Gasteiger partial charge in [-0.05, 0) is 56.7 Å². The molecule has 1 fully saturated rings. The summed E-state index contributed by atoms with van der Waals surface area (Å²) in [5.41, 5.74) is 2.83. The average Bonchev–Trinajstić information content (AvgIpc) is 3.19. The van der Waals surface area contributed by atoms with Crippen LogP contribution in [0.5, 0.6) is 5.75 Å².